The molecule has 0 N–H and O–H groups in total. The lowest BCUT2D eigenvalue weighted by Gasteiger charge is -2.15. The smallest absolute Gasteiger partial charge is 0.316 e. The molecule has 0 saturated carbocycles. The number of carbonyl (C=O) groups excluding carboxylic acids is 3. The van der Waals surface area contributed by atoms with E-state index in [2.05, 4.69) is 0 Å². The summed E-state index contributed by atoms with van der Waals surface area (Å²) in [6.45, 7) is 7.83. The molecule has 19 heavy (non-hydrogen) atoms. The van der Waals surface area contributed by atoms with E-state index in [1.165, 1.54) is 0 Å². The van der Waals surface area contributed by atoms with Crippen LogP contribution in [-0.2, 0) is 23.9 Å². The van der Waals surface area contributed by atoms with Crippen molar-refractivity contribution >= 4 is 17.7 Å². The zero-order chi connectivity index (χ0) is 14.8. The third-order valence-electron chi connectivity index (χ3n) is 2.62. The summed E-state index contributed by atoms with van der Waals surface area (Å²) in [7, 11) is 0. The highest BCUT2D eigenvalue weighted by Gasteiger charge is 2.29. The molecule has 5 heteroatoms. The molecule has 0 aromatic carbocycles. The van der Waals surface area contributed by atoms with Crippen molar-refractivity contribution < 1.29 is 23.9 Å². The van der Waals surface area contributed by atoms with Crippen molar-refractivity contribution in [2.45, 2.75) is 47.0 Å². The van der Waals surface area contributed by atoms with Crippen LogP contribution in [0.1, 0.15) is 47.0 Å². The number of rotatable bonds is 9. The van der Waals surface area contributed by atoms with E-state index in [4.69, 9.17) is 9.47 Å². The Bertz CT molecular complexity index is 309. The molecule has 0 amide bonds. The van der Waals surface area contributed by atoms with Crippen LogP contribution in [0.4, 0.5) is 0 Å². The van der Waals surface area contributed by atoms with E-state index >= 15 is 0 Å². The topological polar surface area (TPSA) is 69.7 Å². The summed E-state index contributed by atoms with van der Waals surface area (Å²) < 4.78 is 9.60. The minimum Gasteiger partial charge on any atom is -0.466 e. The lowest BCUT2D eigenvalue weighted by atomic mass is 9.93. The molecule has 1 unspecified atom stereocenters. The first-order valence-corrected chi connectivity index (χ1v) is 6.77. The van der Waals surface area contributed by atoms with Crippen LogP contribution in [0.3, 0.4) is 0 Å². The molecular weight excluding hydrogens is 248 g/mol. The highest BCUT2D eigenvalue weighted by Crippen LogP contribution is 2.17. The summed E-state index contributed by atoms with van der Waals surface area (Å²) in [6.07, 6.45) is 0.780. The number of carbonyl (C=O) groups is 3. The summed E-state index contributed by atoms with van der Waals surface area (Å²) >= 11 is 0. The van der Waals surface area contributed by atoms with Gasteiger partial charge in [0.15, 0.2) is 5.78 Å². The predicted octanol–water partition coefficient (Wildman–Crippen LogP) is 2.12. The van der Waals surface area contributed by atoms with E-state index in [-0.39, 0.29) is 19.6 Å². The van der Waals surface area contributed by atoms with E-state index in [0.717, 1.165) is 6.42 Å². The van der Waals surface area contributed by atoms with Gasteiger partial charge in [0.1, 0.15) is 12.3 Å². The maximum atomic E-state index is 12.0. The van der Waals surface area contributed by atoms with E-state index < -0.39 is 23.6 Å². The lowest BCUT2D eigenvalue weighted by Crippen LogP contribution is -2.28. The first kappa shape index (κ1) is 17.6. The molecule has 0 bridgehead atoms. The second-order valence-corrected chi connectivity index (χ2v) is 4.72. The van der Waals surface area contributed by atoms with Crippen LogP contribution < -0.4 is 0 Å². The minimum atomic E-state index is -0.855. The van der Waals surface area contributed by atoms with Crippen LogP contribution in [0, 0.1) is 11.8 Å². The molecule has 110 valence electrons. The second kappa shape index (κ2) is 9.53. The normalized spacial score (nSPS) is 12.1. The Balaban J connectivity index is 4.57. The van der Waals surface area contributed by atoms with Crippen molar-refractivity contribution in [1.82, 2.24) is 0 Å². The van der Waals surface area contributed by atoms with Gasteiger partial charge in [-0.05, 0) is 32.6 Å². The van der Waals surface area contributed by atoms with Gasteiger partial charge in [0.2, 0.25) is 0 Å². The standard InChI is InChI=1S/C14H24O5/c1-5-18-13(16)9-12(15)11(8-7-10(3)4)14(17)19-6-2/h10-11H,5-9H2,1-4H3. The van der Waals surface area contributed by atoms with Crippen molar-refractivity contribution in [3.63, 3.8) is 0 Å². The van der Waals surface area contributed by atoms with Crippen molar-refractivity contribution in [1.29, 1.82) is 0 Å². The second-order valence-electron chi connectivity index (χ2n) is 4.72. The Morgan fingerprint density at radius 2 is 1.53 bits per heavy atom. The minimum absolute atomic E-state index is 0.224. The fraction of sp³-hybridized carbons (Fsp3) is 0.786. The molecule has 0 aliphatic rings. The van der Waals surface area contributed by atoms with Gasteiger partial charge in [-0.15, -0.1) is 0 Å². The fourth-order valence-electron chi connectivity index (χ4n) is 1.63. The Morgan fingerprint density at radius 1 is 0.947 bits per heavy atom. The van der Waals surface area contributed by atoms with Gasteiger partial charge in [0.25, 0.3) is 0 Å². The number of ether oxygens (including phenoxy) is 2. The maximum absolute atomic E-state index is 12.0. The van der Waals surface area contributed by atoms with Gasteiger partial charge in [-0.25, -0.2) is 0 Å². The van der Waals surface area contributed by atoms with E-state index in [1.54, 1.807) is 13.8 Å². The first-order valence-electron chi connectivity index (χ1n) is 6.77. The number of Topliss-reactive ketones (excluding diaryl/α,β-unsaturated/α-hetero) is 1. The quantitative estimate of drug-likeness (QED) is 0.475. The van der Waals surface area contributed by atoms with Crippen molar-refractivity contribution in [2.75, 3.05) is 13.2 Å². The van der Waals surface area contributed by atoms with E-state index in [9.17, 15) is 14.4 Å². The fourth-order valence-corrected chi connectivity index (χ4v) is 1.63. The molecule has 0 aromatic rings. The third kappa shape index (κ3) is 7.59. The lowest BCUT2D eigenvalue weighted by molar-refractivity contribution is -0.153. The molecule has 0 aromatic heterocycles. The van der Waals surface area contributed by atoms with Gasteiger partial charge in [0, 0.05) is 0 Å². The average molecular weight is 272 g/mol. The molecular formula is C14H24O5. The molecule has 0 rings (SSSR count). The Kier molecular flexibility index (Phi) is 8.83. The van der Waals surface area contributed by atoms with Crippen molar-refractivity contribution in [2.24, 2.45) is 11.8 Å². The number of hydrogen-bond donors (Lipinski definition) is 0. The summed E-state index contributed by atoms with van der Waals surface area (Å²) in [6, 6.07) is 0. The van der Waals surface area contributed by atoms with Gasteiger partial charge in [-0.2, -0.15) is 0 Å². The molecule has 5 nitrogen and oxygen atoms in total. The van der Waals surface area contributed by atoms with Crippen LogP contribution in [0.25, 0.3) is 0 Å². The van der Waals surface area contributed by atoms with Crippen LogP contribution in [-0.4, -0.2) is 30.9 Å². The largest absolute Gasteiger partial charge is 0.466 e. The molecule has 0 aliphatic heterocycles. The molecule has 0 spiro atoms. The maximum Gasteiger partial charge on any atom is 0.316 e. The highest BCUT2D eigenvalue weighted by molar-refractivity contribution is 6.06. The number of esters is 2. The van der Waals surface area contributed by atoms with Crippen molar-refractivity contribution in [3.05, 3.63) is 0 Å². The zero-order valence-electron chi connectivity index (χ0n) is 12.2. The van der Waals surface area contributed by atoms with Gasteiger partial charge in [-0.3, -0.25) is 14.4 Å². The summed E-state index contributed by atoms with van der Waals surface area (Å²) in [5.74, 6) is -2.03. The predicted molar refractivity (Wildman–Crippen MR) is 70.5 cm³/mol. The van der Waals surface area contributed by atoms with Gasteiger partial charge in [0.05, 0.1) is 13.2 Å². The summed E-state index contributed by atoms with van der Waals surface area (Å²) in [5, 5.41) is 0. The molecule has 0 aliphatic carbocycles. The SMILES string of the molecule is CCOC(=O)CC(=O)C(CCC(C)C)C(=O)OCC. The molecule has 0 saturated heterocycles. The molecule has 0 fully saturated rings. The van der Waals surface area contributed by atoms with Crippen LogP contribution in [0.5, 0.6) is 0 Å². The van der Waals surface area contributed by atoms with Gasteiger partial charge >= 0.3 is 11.9 Å². The Morgan fingerprint density at radius 3 is 2.00 bits per heavy atom. The van der Waals surface area contributed by atoms with Gasteiger partial charge in [-0.1, -0.05) is 13.8 Å². The summed E-state index contributed by atoms with van der Waals surface area (Å²) in [5.41, 5.74) is 0. The van der Waals surface area contributed by atoms with Crippen molar-refractivity contribution in [3.8, 4) is 0 Å². The highest BCUT2D eigenvalue weighted by atomic mass is 16.5. The Hall–Kier alpha value is -1.39. The monoisotopic (exact) mass is 272 g/mol. The molecule has 1 atom stereocenters. The van der Waals surface area contributed by atoms with Crippen LogP contribution in [0.15, 0.2) is 0 Å². The van der Waals surface area contributed by atoms with Crippen LogP contribution in [0.2, 0.25) is 0 Å². The molecule has 0 heterocycles. The number of ketones is 1. The first-order chi connectivity index (χ1) is 8.92. The number of hydrogen-bond acceptors (Lipinski definition) is 5. The van der Waals surface area contributed by atoms with E-state index in [0.29, 0.717) is 12.3 Å². The zero-order valence-corrected chi connectivity index (χ0v) is 12.2. The van der Waals surface area contributed by atoms with E-state index in [1.807, 2.05) is 13.8 Å². The third-order valence-corrected chi connectivity index (χ3v) is 2.62. The summed E-state index contributed by atoms with van der Waals surface area (Å²) in [4.78, 5) is 35.0. The van der Waals surface area contributed by atoms with Gasteiger partial charge < -0.3 is 9.47 Å². The molecule has 0 radical (unpaired) electrons. The average Bonchev–Trinajstić information content (AvgIpc) is 2.29. The van der Waals surface area contributed by atoms with Crippen LogP contribution >= 0.6 is 0 Å². The Labute approximate surface area is 114 Å².